The van der Waals surface area contributed by atoms with E-state index in [4.69, 9.17) is 4.42 Å². The second-order valence-corrected chi connectivity index (χ2v) is 8.63. The molecule has 4 rings (SSSR count). The van der Waals surface area contributed by atoms with Gasteiger partial charge < -0.3 is 19.1 Å². The van der Waals surface area contributed by atoms with Gasteiger partial charge in [-0.2, -0.15) is 5.26 Å². The van der Waals surface area contributed by atoms with E-state index in [0.717, 1.165) is 11.1 Å². The van der Waals surface area contributed by atoms with Gasteiger partial charge in [-0.25, -0.2) is 4.98 Å². The molecule has 2 fully saturated rings. The predicted octanol–water partition coefficient (Wildman–Crippen LogP) is 1.20. The van der Waals surface area contributed by atoms with E-state index >= 15 is 0 Å². The maximum Gasteiger partial charge on any atom is 0.236 e. The Labute approximate surface area is 194 Å². The Kier molecular flexibility index (Phi) is 6.94. The van der Waals surface area contributed by atoms with Crippen molar-refractivity contribution in [1.29, 1.82) is 5.26 Å². The molecule has 0 saturated carbocycles. The minimum Gasteiger partial charge on any atom is -0.424 e. The van der Waals surface area contributed by atoms with Gasteiger partial charge in [0.1, 0.15) is 6.07 Å². The van der Waals surface area contributed by atoms with Crippen molar-refractivity contribution in [3.8, 4) is 6.07 Å². The van der Waals surface area contributed by atoms with Gasteiger partial charge in [-0.1, -0.05) is 24.3 Å². The Morgan fingerprint density at radius 3 is 2.27 bits per heavy atom. The lowest BCUT2D eigenvalue weighted by Crippen LogP contribution is -2.54. The summed E-state index contributed by atoms with van der Waals surface area (Å²) >= 11 is 0. The molecule has 1 aromatic carbocycles. The largest absolute Gasteiger partial charge is 0.424 e. The number of amides is 2. The minimum absolute atomic E-state index is 0.101. The maximum atomic E-state index is 12.8. The van der Waals surface area contributed by atoms with Gasteiger partial charge in [0.05, 0.1) is 13.0 Å². The summed E-state index contributed by atoms with van der Waals surface area (Å²) in [6, 6.07) is 10.1. The standard InChI is InChI=1S/C24H30N6O3/c1-18-5-3-4-6-20(18)15-22(31)28-9-7-27(8-10-28)17-23(32)29-11-13-30(14-12-29)24-21(16-25)26-19(2)33-24/h3-6H,7-15,17H2,1-2H3. The van der Waals surface area contributed by atoms with Crippen LogP contribution < -0.4 is 4.90 Å². The second kappa shape index (κ2) is 10.0. The Hall–Kier alpha value is -3.38. The molecule has 0 N–H and O–H groups in total. The molecule has 0 unspecified atom stereocenters. The Balaban J connectivity index is 1.22. The average Bonchev–Trinajstić information content (AvgIpc) is 3.22. The number of piperazine rings is 2. The fourth-order valence-corrected chi connectivity index (χ4v) is 4.39. The number of aromatic nitrogens is 1. The van der Waals surface area contributed by atoms with Crippen molar-refractivity contribution in [2.24, 2.45) is 0 Å². The first-order valence-electron chi connectivity index (χ1n) is 11.4. The van der Waals surface area contributed by atoms with Gasteiger partial charge in [0.2, 0.25) is 23.4 Å². The van der Waals surface area contributed by atoms with Gasteiger partial charge in [0, 0.05) is 59.3 Å². The van der Waals surface area contributed by atoms with Crippen molar-refractivity contribution >= 4 is 17.7 Å². The summed E-state index contributed by atoms with van der Waals surface area (Å²) in [5.74, 6) is 1.21. The molecule has 174 valence electrons. The van der Waals surface area contributed by atoms with Gasteiger partial charge >= 0.3 is 0 Å². The molecule has 0 bridgehead atoms. The first-order valence-corrected chi connectivity index (χ1v) is 11.4. The lowest BCUT2D eigenvalue weighted by molar-refractivity contribution is -0.135. The molecule has 0 atom stereocenters. The first kappa shape index (κ1) is 22.8. The van der Waals surface area contributed by atoms with Crippen LogP contribution in [0, 0.1) is 25.2 Å². The van der Waals surface area contributed by atoms with Crippen LogP contribution in [0.5, 0.6) is 0 Å². The van der Waals surface area contributed by atoms with Crippen LogP contribution in [0.4, 0.5) is 5.88 Å². The Bertz CT molecular complexity index is 1040. The van der Waals surface area contributed by atoms with Crippen LogP contribution in [0.1, 0.15) is 22.7 Å². The lowest BCUT2D eigenvalue weighted by atomic mass is 10.1. The van der Waals surface area contributed by atoms with E-state index in [0.29, 0.717) is 82.8 Å². The van der Waals surface area contributed by atoms with E-state index in [2.05, 4.69) is 16.0 Å². The zero-order valence-corrected chi connectivity index (χ0v) is 19.3. The van der Waals surface area contributed by atoms with Crippen LogP contribution in [0.3, 0.4) is 0 Å². The quantitative estimate of drug-likeness (QED) is 0.675. The third kappa shape index (κ3) is 5.34. The molecule has 3 heterocycles. The summed E-state index contributed by atoms with van der Waals surface area (Å²) in [6.07, 6.45) is 0.425. The number of carbonyl (C=O) groups is 2. The summed E-state index contributed by atoms with van der Waals surface area (Å²) in [6.45, 7) is 9.19. The highest BCUT2D eigenvalue weighted by Gasteiger charge is 2.28. The fourth-order valence-electron chi connectivity index (χ4n) is 4.39. The number of carbonyl (C=O) groups excluding carboxylic acids is 2. The SMILES string of the molecule is Cc1nc(C#N)c(N2CCN(C(=O)CN3CCN(C(=O)Cc4ccccc4C)CC3)CC2)o1. The lowest BCUT2D eigenvalue weighted by Gasteiger charge is -2.38. The number of benzene rings is 1. The normalized spacial score (nSPS) is 17.2. The van der Waals surface area contributed by atoms with Crippen molar-refractivity contribution in [3.63, 3.8) is 0 Å². The molecular weight excluding hydrogens is 420 g/mol. The molecule has 9 nitrogen and oxygen atoms in total. The highest BCUT2D eigenvalue weighted by molar-refractivity contribution is 5.80. The van der Waals surface area contributed by atoms with E-state index in [1.165, 1.54) is 0 Å². The van der Waals surface area contributed by atoms with Gasteiger partial charge in [0.15, 0.2) is 5.89 Å². The Morgan fingerprint density at radius 2 is 1.61 bits per heavy atom. The summed E-state index contributed by atoms with van der Waals surface area (Å²) in [4.78, 5) is 37.5. The molecule has 2 amide bonds. The van der Waals surface area contributed by atoms with E-state index < -0.39 is 0 Å². The predicted molar refractivity (Wildman–Crippen MR) is 123 cm³/mol. The summed E-state index contributed by atoms with van der Waals surface area (Å²) in [7, 11) is 0. The van der Waals surface area contributed by atoms with E-state index in [9.17, 15) is 14.9 Å². The molecule has 9 heteroatoms. The third-order valence-corrected chi connectivity index (χ3v) is 6.43. The van der Waals surface area contributed by atoms with Crippen LogP contribution in [-0.2, 0) is 16.0 Å². The van der Waals surface area contributed by atoms with E-state index in [1.54, 1.807) is 6.92 Å². The molecule has 2 aliphatic heterocycles. The van der Waals surface area contributed by atoms with Gasteiger partial charge in [-0.05, 0) is 18.1 Å². The molecular formula is C24H30N6O3. The van der Waals surface area contributed by atoms with E-state index in [1.807, 2.05) is 45.9 Å². The topological polar surface area (TPSA) is 96.9 Å². The molecule has 1 aromatic heterocycles. The highest BCUT2D eigenvalue weighted by atomic mass is 16.4. The number of anilines is 1. The van der Waals surface area contributed by atoms with Crippen molar-refractivity contribution in [1.82, 2.24) is 19.7 Å². The zero-order chi connectivity index (χ0) is 23.4. The average molecular weight is 451 g/mol. The second-order valence-electron chi connectivity index (χ2n) is 8.63. The van der Waals surface area contributed by atoms with Crippen molar-refractivity contribution < 1.29 is 14.0 Å². The van der Waals surface area contributed by atoms with Crippen LogP contribution in [0.2, 0.25) is 0 Å². The van der Waals surface area contributed by atoms with Crippen LogP contribution in [-0.4, -0.2) is 90.4 Å². The molecule has 2 saturated heterocycles. The smallest absolute Gasteiger partial charge is 0.236 e. The van der Waals surface area contributed by atoms with Crippen LogP contribution in [0.15, 0.2) is 28.7 Å². The molecule has 2 aromatic rings. The van der Waals surface area contributed by atoms with Crippen molar-refractivity contribution in [3.05, 3.63) is 47.0 Å². The first-order chi connectivity index (χ1) is 15.9. The molecule has 33 heavy (non-hydrogen) atoms. The number of hydrogen-bond acceptors (Lipinski definition) is 7. The van der Waals surface area contributed by atoms with Crippen molar-refractivity contribution in [2.75, 3.05) is 63.8 Å². The molecule has 2 aliphatic rings. The molecule has 0 spiro atoms. The summed E-state index contributed by atoms with van der Waals surface area (Å²) in [5.41, 5.74) is 2.50. The van der Waals surface area contributed by atoms with Gasteiger partial charge in [-0.15, -0.1) is 0 Å². The van der Waals surface area contributed by atoms with Crippen LogP contribution >= 0.6 is 0 Å². The minimum atomic E-state index is 0.101. The third-order valence-electron chi connectivity index (χ3n) is 6.43. The molecule has 0 aliphatic carbocycles. The summed E-state index contributed by atoms with van der Waals surface area (Å²) in [5, 5.41) is 9.23. The number of nitrogens with zero attached hydrogens (tertiary/aromatic N) is 6. The number of rotatable bonds is 5. The maximum absolute atomic E-state index is 12.8. The van der Waals surface area contributed by atoms with Crippen molar-refractivity contribution in [2.45, 2.75) is 20.3 Å². The number of aryl methyl sites for hydroxylation is 2. The monoisotopic (exact) mass is 450 g/mol. The zero-order valence-electron chi connectivity index (χ0n) is 19.3. The molecule has 0 radical (unpaired) electrons. The van der Waals surface area contributed by atoms with Gasteiger partial charge in [-0.3, -0.25) is 14.5 Å². The number of nitriles is 1. The highest BCUT2D eigenvalue weighted by Crippen LogP contribution is 2.22. The number of hydrogen-bond donors (Lipinski definition) is 0. The van der Waals surface area contributed by atoms with Crippen LogP contribution in [0.25, 0.3) is 0 Å². The Morgan fingerprint density at radius 1 is 0.970 bits per heavy atom. The van der Waals surface area contributed by atoms with E-state index in [-0.39, 0.29) is 11.8 Å². The fraction of sp³-hybridized carbons (Fsp3) is 0.500. The van der Waals surface area contributed by atoms with Gasteiger partial charge in [0.25, 0.3) is 0 Å². The number of oxazole rings is 1. The summed E-state index contributed by atoms with van der Waals surface area (Å²) < 4.78 is 5.58.